The number of ether oxygens (including phenoxy) is 1. The van der Waals surface area contributed by atoms with Crippen LogP contribution in [0, 0.1) is 0 Å². The molecule has 0 bridgehead atoms. The average molecular weight is 169 g/mol. The zero-order chi connectivity index (χ0) is 9.14. The monoisotopic (exact) mass is 169 g/mol. The van der Waals surface area contributed by atoms with Crippen molar-refractivity contribution in [1.82, 2.24) is 4.98 Å². The number of carbonyl (C=O) groups excluding carboxylic acids is 1. The van der Waals surface area contributed by atoms with E-state index in [2.05, 4.69) is 16.3 Å². The SMILES string of the molecule is C=CC(=O)Oc1cc(O)[nH]c1O. The molecule has 1 aromatic rings. The normalized spacial score (nSPS) is 9.33. The maximum atomic E-state index is 10.6. The summed E-state index contributed by atoms with van der Waals surface area (Å²) >= 11 is 0. The van der Waals surface area contributed by atoms with Crippen LogP contribution in [-0.2, 0) is 4.79 Å². The molecule has 5 heteroatoms. The largest absolute Gasteiger partial charge is 0.494 e. The number of aromatic nitrogens is 1. The summed E-state index contributed by atoms with van der Waals surface area (Å²) in [6.07, 6.45) is 0.948. The Morgan fingerprint density at radius 2 is 2.33 bits per heavy atom. The lowest BCUT2D eigenvalue weighted by atomic mass is 10.5. The molecule has 0 aliphatic rings. The van der Waals surface area contributed by atoms with E-state index in [9.17, 15) is 4.79 Å². The third kappa shape index (κ3) is 1.57. The van der Waals surface area contributed by atoms with Gasteiger partial charge in [-0.05, 0) is 0 Å². The molecule has 12 heavy (non-hydrogen) atoms. The van der Waals surface area contributed by atoms with E-state index < -0.39 is 11.8 Å². The van der Waals surface area contributed by atoms with Gasteiger partial charge in [-0.2, -0.15) is 0 Å². The van der Waals surface area contributed by atoms with Crippen LogP contribution in [0.15, 0.2) is 18.7 Å². The first-order valence-corrected chi connectivity index (χ1v) is 3.08. The van der Waals surface area contributed by atoms with Crippen LogP contribution in [0.2, 0.25) is 0 Å². The number of carbonyl (C=O) groups is 1. The molecule has 1 rings (SSSR count). The van der Waals surface area contributed by atoms with Crippen LogP contribution in [0.3, 0.4) is 0 Å². The Morgan fingerprint density at radius 3 is 2.75 bits per heavy atom. The lowest BCUT2D eigenvalue weighted by Gasteiger charge is -1.95. The highest BCUT2D eigenvalue weighted by atomic mass is 16.5. The topological polar surface area (TPSA) is 82.5 Å². The second kappa shape index (κ2) is 3.00. The molecule has 0 unspecified atom stereocenters. The van der Waals surface area contributed by atoms with Gasteiger partial charge in [0, 0.05) is 12.1 Å². The molecule has 0 radical (unpaired) electrons. The van der Waals surface area contributed by atoms with Gasteiger partial charge in [-0.3, -0.25) is 4.98 Å². The molecule has 0 amide bonds. The second-order valence-corrected chi connectivity index (χ2v) is 1.99. The van der Waals surface area contributed by atoms with Crippen LogP contribution in [0.5, 0.6) is 17.5 Å². The predicted molar refractivity (Wildman–Crippen MR) is 40.0 cm³/mol. The highest BCUT2D eigenvalue weighted by molar-refractivity contribution is 5.83. The molecule has 3 N–H and O–H groups in total. The Bertz CT molecular complexity index is 315. The van der Waals surface area contributed by atoms with Gasteiger partial charge in [0.1, 0.15) is 0 Å². The van der Waals surface area contributed by atoms with Crippen LogP contribution < -0.4 is 4.74 Å². The van der Waals surface area contributed by atoms with Gasteiger partial charge in [0.15, 0.2) is 11.6 Å². The molecule has 0 aromatic carbocycles. The second-order valence-electron chi connectivity index (χ2n) is 1.99. The Hall–Kier alpha value is -1.91. The van der Waals surface area contributed by atoms with Gasteiger partial charge in [-0.25, -0.2) is 4.79 Å². The van der Waals surface area contributed by atoms with E-state index in [0.717, 1.165) is 12.1 Å². The number of aromatic hydroxyl groups is 2. The molecule has 0 aliphatic carbocycles. The minimum absolute atomic E-state index is 0.127. The van der Waals surface area contributed by atoms with Crippen molar-refractivity contribution in [2.45, 2.75) is 0 Å². The van der Waals surface area contributed by atoms with Crippen LogP contribution >= 0.6 is 0 Å². The molecule has 64 valence electrons. The van der Waals surface area contributed by atoms with Crippen molar-refractivity contribution in [3.63, 3.8) is 0 Å². The Labute approximate surface area is 67.9 Å². The Kier molecular flexibility index (Phi) is 2.05. The Morgan fingerprint density at radius 1 is 1.67 bits per heavy atom. The van der Waals surface area contributed by atoms with Gasteiger partial charge in [0.25, 0.3) is 0 Å². The number of esters is 1. The number of H-pyrrole nitrogens is 1. The van der Waals surface area contributed by atoms with Crippen molar-refractivity contribution in [2.75, 3.05) is 0 Å². The maximum absolute atomic E-state index is 10.6. The highest BCUT2D eigenvalue weighted by Crippen LogP contribution is 2.29. The summed E-state index contributed by atoms with van der Waals surface area (Å²) < 4.78 is 4.52. The van der Waals surface area contributed by atoms with E-state index >= 15 is 0 Å². The standard InChI is InChI=1S/C7H7NO4/c1-2-6(10)12-4-3-5(9)8-7(4)11/h2-3,8-9,11H,1H2. The van der Waals surface area contributed by atoms with Gasteiger partial charge in [0.2, 0.25) is 5.88 Å². The number of hydrogen-bond donors (Lipinski definition) is 3. The predicted octanol–water partition coefficient (Wildman–Crippen LogP) is 0.517. The van der Waals surface area contributed by atoms with E-state index in [1.54, 1.807) is 0 Å². The third-order valence-corrected chi connectivity index (χ3v) is 1.12. The van der Waals surface area contributed by atoms with Gasteiger partial charge in [-0.1, -0.05) is 6.58 Å². The fourth-order valence-corrected chi connectivity index (χ4v) is 0.639. The average Bonchev–Trinajstić information content (AvgIpc) is 2.30. The molecular formula is C7H7NO4. The summed E-state index contributed by atoms with van der Waals surface area (Å²) in [5.74, 6) is -1.51. The van der Waals surface area contributed by atoms with Crippen molar-refractivity contribution >= 4 is 5.97 Å². The van der Waals surface area contributed by atoms with Gasteiger partial charge < -0.3 is 14.9 Å². The molecule has 0 atom stereocenters. The zero-order valence-electron chi connectivity index (χ0n) is 6.07. The lowest BCUT2D eigenvalue weighted by molar-refractivity contribution is -0.129. The molecule has 0 spiro atoms. The summed E-state index contributed by atoms with van der Waals surface area (Å²) in [6.45, 7) is 3.16. The van der Waals surface area contributed by atoms with E-state index in [4.69, 9.17) is 10.2 Å². The quantitative estimate of drug-likeness (QED) is 0.445. The smallest absolute Gasteiger partial charge is 0.335 e. The van der Waals surface area contributed by atoms with Crippen LogP contribution in [0.4, 0.5) is 0 Å². The number of rotatable bonds is 2. The third-order valence-electron chi connectivity index (χ3n) is 1.12. The van der Waals surface area contributed by atoms with Crippen molar-refractivity contribution in [2.24, 2.45) is 0 Å². The summed E-state index contributed by atoms with van der Waals surface area (Å²) in [4.78, 5) is 12.7. The molecule has 0 saturated heterocycles. The van der Waals surface area contributed by atoms with Crippen molar-refractivity contribution in [1.29, 1.82) is 0 Å². The molecular weight excluding hydrogens is 162 g/mol. The molecule has 0 aliphatic heterocycles. The first kappa shape index (κ1) is 8.19. The van der Waals surface area contributed by atoms with Crippen LogP contribution in [0.25, 0.3) is 0 Å². The van der Waals surface area contributed by atoms with E-state index in [1.165, 1.54) is 0 Å². The number of aromatic amines is 1. The van der Waals surface area contributed by atoms with E-state index in [-0.39, 0.29) is 11.6 Å². The number of hydrogen-bond acceptors (Lipinski definition) is 4. The van der Waals surface area contributed by atoms with E-state index in [0.29, 0.717) is 0 Å². The fraction of sp³-hybridized carbons (Fsp3) is 0. The van der Waals surface area contributed by atoms with Gasteiger partial charge >= 0.3 is 5.97 Å². The first-order valence-electron chi connectivity index (χ1n) is 3.08. The van der Waals surface area contributed by atoms with E-state index in [1.807, 2.05) is 0 Å². The molecule has 0 saturated carbocycles. The lowest BCUT2D eigenvalue weighted by Crippen LogP contribution is -2.01. The fourth-order valence-electron chi connectivity index (χ4n) is 0.639. The minimum Gasteiger partial charge on any atom is -0.494 e. The van der Waals surface area contributed by atoms with Crippen LogP contribution in [0.1, 0.15) is 0 Å². The Balaban J connectivity index is 2.81. The van der Waals surface area contributed by atoms with Crippen molar-refractivity contribution < 1.29 is 19.7 Å². The maximum Gasteiger partial charge on any atom is 0.335 e. The van der Waals surface area contributed by atoms with Crippen molar-refractivity contribution in [3.8, 4) is 17.5 Å². The molecule has 1 heterocycles. The molecule has 1 aromatic heterocycles. The van der Waals surface area contributed by atoms with Crippen molar-refractivity contribution in [3.05, 3.63) is 18.7 Å². The highest BCUT2D eigenvalue weighted by Gasteiger charge is 2.09. The zero-order valence-corrected chi connectivity index (χ0v) is 6.07. The van der Waals surface area contributed by atoms with Gasteiger partial charge in [-0.15, -0.1) is 0 Å². The molecule has 5 nitrogen and oxygen atoms in total. The first-order chi connectivity index (χ1) is 5.63. The summed E-state index contributed by atoms with van der Waals surface area (Å²) in [6, 6.07) is 1.08. The van der Waals surface area contributed by atoms with Crippen LogP contribution in [-0.4, -0.2) is 21.2 Å². The van der Waals surface area contributed by atoms with Gasteiger partial charge in [0.05, 0.1) is 0 Å². The number of nitrogens with one attached hydrogen (secondary N) is 1. The summed E-state index contributed by atoms with van der Waals surface area (Å²) in [5, 5.41) is 17.7. The minimum atomic E-state index is -0.704. The summed E-state index contributed by atoms with van der Waals surface area (Å²) in [5.41, 5.74) is 0. The molecule has 0 fully saturated rings. The summed E-state index contributed by atoms with van der Waals surface area (Å²) in [7, 11) is 0.